The summed E-state index contributed by atoms with van der Waals surface area (Å²) in [4.78, 5) is 14.2. The molecule has 24 heavy (non-hydrogen) atoms. The summed E-state index contributed by atoms with van der Waals surface area (Å²) in [5, 5.41) is 6.34. The third kappa shape index (κ3) is 5.41. The van der Waals surface area contributed by atoms with Crippen molar-refractivity contribution in [3.05, 3.63) is 24.3 Å². The number of rotatable bonds is 4. The van der Waals surface area contributed by atoms with Gasteiger partial charge in [-0.1, -0.05) is 6.92 Å². The highest BCUT2D eigenvalue weighted by molar-refractivity contribution is 5.71. The van der Waals surface area contributed by atoms with Gasteiger partial charge >= 0.3 is 6.09 Å². The van der Waals surface area contributed by atoms with Crippen molar-refractivity contribution in [2.75, 3.05) is 18.0 Å². The van der Waals surface area contributed by atoms with Gasteiger partial charge in [-0.15, -0.1) is 0 Å². The number of benzene rings is 1. The van der Waals surface area contributed by atoms with Crippen LogP contribution in [0.2, 0.25) is 0 Å². The van der Waals surface area contributed by atoms with Gasteiger partial charge in [-0.3, -0.25) is 0 Å². The maximum absolute atomic E-state index is 11.8. The van der Waals surface area contributed by atoms with Crippen molar-refractivity contribution in [2.24, 2.45) is 0 Å². The predicted octanol–water partition coefficient (Wildman–Crippen LogP) is 3.54. The molecule has 134 valence electrons. The molecule has 5 nitrogen and oxygen atoms in total. The van der Waals surface area contributed by atoms with Crippen molar-refractivity contribution in [1.29, 1.82) is 0 Å². The first-order chi connectivity index (χ1) is 11.3. The maximum atomic E-state index is 11.8. The van der Waals surface area contributed by atoms with Gasteiger partial charge in [0.15, 0.2) is 0 Å². The van der Waals surface area contributed by atoms with Crippen LogP contribution in [-0.4, -0.2) is 36.8 Å². The Labute approximate surface area is 145 Å². The second kappa shape index (κ2) is 7.88. The van der Waals surface area contributed by atoms with Crippen molar-refractivity contribution < 1.29 is 9.53 Å². The highest BCUT2D eigenvalue weighted by atomic mass is 16.6. The van der Waals surface area contributed by atoms with Crippen LogP contribution < -0.4 is 20.3 Å². The molecule has 2 atom stereocenters. The lowest BCUT2D eigenvalue weighted by Crippen LogP contribution is -2.47. The van der Waals surface area contributed by atoms with E-state index in [1.165, 1.54) is 5.69 Å². The second-order valence-corrected chi connectivity index (χ2v) is 7.58. The van der Waals surface area contributed by atoms with Crippen LogP contribution >= 0.6 is 0 Å². The van der Waals surface area contributed by atoms with E-state index in [0.29, 0.717) is 17.8 Å². The Hall–Kier alpha value is -1.75. The number of carbonyl (C=O) groups is 1. The zero-order valence-corrected chi connectivity index (χ0v) is 15.6. The van der Waals surface area contributed by atoms with Gasteiger partial charge in [0.25, 0.3) is 0 Å². The van der Waals surface area contributed by atoms with Crippen LogP contribution in [-0.2, 0) is 0 Å². The molecular formula is C19H31N3O2. The summed E-state index contributed by atoms with van der Waals surface area (Å²) >= 11 is 0. The maximum Gasteiger partial charge on any atom is 0.413 e. The van der Waals surface area contributed by atoms with E-state index in [4.69, 9.17) is 4.74 Å². The molecule has 1 aliphatic heterocycles. The van der Waals surface area contributed by atoms with Crippen LogP contribution in [0.3, 0.4) is 0 Å². The van der Waals surface area contributed by atoms with E-state index >= 15 is 0 Å². The molecule has 5 heteroatoms. The van der Waals surface area contributed by atoms with Gasteiger partial charge in [0.2, 0.25) is 0 Å². The van der Waals surface area contributed by atoms with Crippen molar-refractivity contribution in [3.63, 3.8) is 0 Å². The SMILES string of the molecule is CCNC1CCN(c2ccc(OC(=O)NC(C)(C)C)cc2)C(C)C1. The molecule has 1 aromatic carbocycles. The van der Waals surface area contributed by atoms with E-state index in [1.54, 1.807) is 0 Å². The third-order valence-electron chi connectivity index (χ3n) is 4.22. The van der Waals surface area contributed by atoms with Gasteiger partial charge in [0.1, 0.15) is 5.75 Å². The lowest BCUT2D eigenvalue weighted by molar-refractivity contribution is 0.190. The number of hydrogen-bond acceptors (Lipinski definition) is 4. The molecule has 0 aliphatic carbocycles. The third-order valence-corrected chi connectivity index (χ3v) is 4.22. The molecule has 2 N–H and O–H groups in total. The molecule has 0 aromatic heterocycles. The molecule has 0 bridgehead atoms. The number of anilines is 1. The Morgan fingerprint density at radius 1 is 1.29 bits per heavy atom. The van der Waals surface area contributed by atoms with E-state index in [-0.39, 0.29) is 5.54 Å². The monoisotopic (exact) mass is 333 g/mol. The van der Waals surface area contributed by atoms with Crippen LogP contribution in [0, 0.1) is 0 Å². The summed E-state index contributed by atoms with van der Waals surface area (Å²) in [6, 6.07) is 8.90. The van der Waals surface area contributed by atoms with Crippen molar-refractivity contribution in [3.8, 4) is 5.75 Å². The van der Waals surface area contributed by atoms with E-state index < -0.39 is 6.09 Å². The average Bonchev–Trinajstić information content (AvgIpc) is 2.47. The predicted molar refractivity (Wildman–Crippen MR) is 98.9 cm³/mol. The van der Waals surface area contributed by atoms with Gasteiger partial charge in [0, 0.05) is 29.9 Å². The van der Waals surface area contributed by atoms with Crippen LogP contribution in [0.4, 0.5) is 10.5 Å². The Morgan fingerprint density at radius 3 is 2.50 bits per heavy atom. The molecule has 1 heterocycles. The molecule has 1 aliphatic rings. The van der Waals surface area contributed by atoms with Crippen LogP contribution in [0.5, 0.6) is 5.75 Å². The van der Waals surface area contributed by atoms with Crippen LogP contribution in [0.1, 0.15) is 47.5 Å². The van der Waals surface area contributed by atoms with Gasteiger partial charge in [-0.05, 0) is 71.3 Å². The fraction of sp³-hybridized carbons (Fsp3) is 0.632. The standard InChI is InChI=1S/C19H31N3O2/c1-6-20-15-11-12-22(14(2)13-15)16-7-9-17(10-8-16)24-18(23)21-19(3,4)5/h7-10,14-15,20H,6,11-13H2,1-5H3,(H,21,23). The largest absolute Gasteiger partial charge is 0.413 e. The molecule has 0 saturated carbocycles. The van der Waals surface area contributed by atoms with Gasteiger partial charge in [-0.25, -0.2) is 4.79 Å². The first kappa shape index (κ1) is 18.6. The minimum absolute atomic E-state index is 0.302. The fourth-order valence-electron chi connectivity index (χ4n) is 3.17. The van der Waals surface area contributed by atoms with Crippen molar-refractivity contribution >= 4 is 11.8 Å². The van der Waals surface area contributed by atoms with Crippen molar-refractivity contribution in [1.82, 2.24) is 10.6 Å². The molecule has 1 fully saturated rings. The van der Waals surface area contributed by atoms with Gasteiger partial charge < -0.3 is 20.3 Å². The highest BCUT2D eigenvalue weighted by Crippen LogP contribution is 2.26. The van der Waals surface area contributed by atoms with Crippen LogP contribution in [0.15, 0.2) is 24.3 Å². The number of nitrogens with zero attached hydrogens (tertiary/aromatic N) is 1. The van der Waals surface area contributed by atoms with Gasteiger partial charge in [-0.2, -0.15) is 0 Å². The average molecular weight is 333 g/mol. The molecule has 1 saturated heterocycles. The summed E-state index contributed by atoms with van der Waals surface area (Å²) in [5.41, 5.74) is 0.879. The molecular weight excluding hydrogens is 302 g/mol. The smallest absolute Gasteiger partial charge is 0.410 e. The van der Waals surface area contributed by atoms with E-state index in [0.717, 1.165) is 25.9 Å². The summed E-state index contributed by atoms with van der Waals surface area (Å²) in [6.07, 6.45) is 1.89. The number of ether oxygens (including phenoxy) is 1. The van der Waals surface area contributed by atoms with E-state index in [1.807, 2.05) is 45.0 Å². The summed E-state index contributed by atoms with van der Waals surface area (Å²) in [6.45, 7) is 12.3. The number of nitrogens with one attached hydrogen (secondary N) is 2. The Morgan fingerprint density at radius 2 is 1.96 bits per heavy atom. The molecule has 0 radical (unpaired) electrons. The minimum atomic E-state index is -0.421. The fourth-order valence-corrected chi connectivity index (χ4v) is 3.17. The minimum Gasteiger partial charge on any atom is -0.410 e. The topological polar surface area (TPSA) is 53.6 Å². The molecule has 1 aromatic rings. The number of carbonyl (C=O) groups excluding carboxylic acids is 1. The zero-order valence-electron chi connectivity index (χ0n) is 15.6. The van der Waals surface area contributed by atoms with Gasteiger partial charge in [0.05, 0.1) is 0 Å². The normalized spacial score (nSPS) is 21.5. The summed E-state index contributed by atoms with van der Waals surface area (Å²) in [5.74, 6) is 0.565. The first-order valence-electron chi connectivity index (χ1n) is 8.88. The Balaban J connectivity index is 1.93. The quantitative estimate of drug-likeness (QED) is 0.885. The Kier molecular flexibility index (Phi) is 6.10. The lowest BCUT2D eigenvalue weighted by Gasteiger charge is -2.39. The second-order valence-electron chi connectivity index (χ2n) is 7.58. The molecule has 2 unspecified atom stereocenters. The summed E-state index contributed by atoms with van der Waals surface area (Å²) in [7, 11) is 0. The molecule has 2 rings (SSSR count). The van der Waals surface area contributed by atoms with Crippen molar-refractivity contribution in [2.45, 2.75) is 65.1 Å². The first-order valence-corrected chi connectivity index (χ1v) is 8.88. The number of piperidine rings is 1. The summed E-state index contributed by atoms with van der Waals surface area (Å²) < 4.78 is 5.33. The highest BCUT2D eigenvalue weighted by Gasteiger charge is 2.25. The number of hydrogen-bond donors (Lipinski definition) is 2. The molecule has 0 spiro atoms. The Bertz CT molecular complexity index is 537. The number of amides is 1. The van der Waals surface area contributed by atoms with E-state index in [2.05, 4.69) is 29.4 Å². The zero-order chi connectivity index (χ0) is 17.7. The molecule has 1 amide bonds. The van der Waals surface area contributed by atoms with Crippen LogP contribution in [0.25, 0.3) is 0 Å². The van der Waals surface area contributed by atoms with E-state index in [9.17, 15) is 4.79 Å². The lowest BCUT2D eigenvalue weighted by atomic mass is 9.97.